The Morgan fingerprint density at radius 1 is 0.893 bits per heavy atom. The number of rotatable bonds is 2. The van der Waals surface area contributed by atoms with Gasteiger partial charge in [-0.1, -0.05) is 24.3 Å². The lowest BCUT2D eigenvalue weighted by atomic mass is 10.1. The van der Waals surface area contributed by atoms with Gasteiger partial charge in [0, 0.05) is 17.5 Å². The molecule has 28 heavy (non-hydrogen) atoms. The molecule has 0 spiro atoms. The van der Waals surface area contributed by atoms with Crippen LogP contribution in [0.3, 0.4) is 0 Å². The summed E-state index contributed by atoms with van der Waals surface area (Å²) < 4.78 is 3.87. The van der Waals surface area contributed by atoms with Crippen molar-refractivity contribution < 1.29 is 0 Å². The maximum Gasteiger partial charge on any atom is 0.182 e. The Bertz CT molecular complexity index is 1360. The second-order valence-corrected chi connectivity index (χ2v) is 7.20. The summed E-state index contributed by atoms with van der Waals surface area (Å²) in [5, 5.41) is 5.69. The molecule has 4 heterocycles. The lowest BCUT2D eigenvalue weighted by molar-refractivity contribution is 0.918. The van der Waals surface area contributed by atoms with Gasteiger partial charge in [-0.2, -0.15) is 0 Å². The summed E-state index contributed by atoms with van der Waals surface area (Å²) in [7, 11) is 0. The molecule has 5 rings (SSSR count). The molecule has 5 aromatic rings. The van der Waals surface area contributed by atoms with Gasteiger partial charge in [-0.15, -0.1) is 5.10 Å². The Kier molecular flexibility index (Phi) is 3.55. The summed E-state index contributed by atoms with van der Waals surface area (Å²) in [5.41, 5.74) is 7.26. The van der Waals surface area contributed by atoms with Crippen LogP contribution in [0.15, 0.2) is 48.9 Å². The number of hydrogen-bond donors (Lipinski definition) is 0. The monoisotopic (exact) mass is 368 g/mol. The van der Waals surface area contributed by atoms with Gasteiger partial charge >= 0.3 is 0 Å². The molecule has 0 aliphatic rings. The molecule has 6 nitrogen and oxygen atoms in total. The molecule has 0 saturated heterocycles. The molecule has 0 aliphatic carbocycles. The van der Waals surface area contributed by atoms with Gasteiger partial charge in [0.15, 0.2) is 17.1 Å². The third-order valence-corrected chi connectivity index (χ3v) is 5.35. The minimum absolute atomic E-state index is 0.714. The van der Waals surface area contributed by atoms with Crippen LogP contribution >= 0.6 is 0 Å². The fourth-order valence-electron chi connectivity index (χ4n) is 3.72. The van der Waals surface area contributed by atoms with E-state index in [1.165, 1.54) is 0 Å². The second-order valence-electron chi connectivity index (χ2n) is 7.20. The van der Waals surface area contributed by atoms with E-state index < -0.39 is 0 Å². The molecule has 0 unspecified atom stereocenters. The van der Waals surface area contributed by atoms with Gasteiger partial charge in [0.25, 0.3) is 0 Å². The second kappa shape index (κ2) is 5.99. The van der Waals surface area contributed by atoms with E-state index in [9.17, 15) is 0 Å². The van der Waals surface area contributed by atoms with E-state index in [1.54, 1.807) is 10.8 Å². The molecule has 138 valence electrons. The van der Waals surface area contributed by atoms with Gasteiger partial charge in [-0.05, 0) is 56.5 Å². The maximum absolute atomic E-state index is 4.88. The molecular formula is C22H20N6. The molecule has 0 fully saturated rings. The fraction of sp³-hybridized carbons (Fsp3) is 0.182. The van der Waals surface area contributed by atoms with Crippen molar-refractivity contribution in [3.63, 3.8) is 0 Å². The molecule has 0 amide bonds. The van der Waals surface area contributed by atoms with Crippen LogP contribution in [-0.4, -0.2) is 29.1 Å². The summed E-state index contributed by atoms with van der Waals surface area (Å²) in [6.45, 7) is 8.34. The zero-order valence-corrected chi connectivity index (χ0v) is 16.3. The fourth-order valence-corrected chi connectivity index (χ4v) is 3.72. The lowest BCUT2D eigenvalue weighted by Crippen LogP contribution is -2.01. The van der Waals surface area contributed by atoms with Gasteiger partial charge in [0.1, 0.15) is 12.1 Å². The van der Waals surface area contributed by atoms with E-state index in [4.69, 9.17) is 9.97 Å². The number of fused-ring (bicyclic) bond motifs is 3. The van der Waals surface area contributed by atoms with Gasteiger partial charge in [0.05, 0.1) is 5.39 Å². The zero-order valence-electron chi connectivity index (χ0n) is 16.3. The summed E-state index contributed by atoms with van der Waals surface area (Å²) >= 11 is 0. The minimum atomic E-state index is 0.714. The lowest BCUT2D eigenvalue weighted by Gasteiger charge is -2.07. The zero-order chi connectivity index (χ0) is 19.4. The summed E-state index contributed by atoms with van der Waals surface area (Å²) in [4.78, 5) is 14.1. The molecule has 0 N–H and O–H groups in total. The van der Waals surface area contributed by atoms with Crippen molar-refractivity contribution in [1.82, 2.24) is 29.1 Å². The molecule has 1 aromatic carbocycles. The SMILES string of the molecule is Cc1ccnc(-n2c(C)c(C)c3c2ncn2nc(-c4ccccc4C)nc32)c1. The molecule has 0 radical (unpaired) electrons. The van der Waals surface area contributed by atoms with Crippen molar-refractivity contribution in [2.24, 2.45) is 0 Å². The third kappa shape index (κ3) is 2.34. The minimum Gasteiger partial charge on any atom is -0.282 e. The Hall–Kier alpha value is -3.54. The summed E-state index contributed by atoms with van der Waals surface area (Å²) in [6, 6.07) is 12.2. The van der Waals surface area contributed by atoms with Crippen LogP contribution in [0.5, 0.6) is 0 Å². The van der Waals surface area contributed by atoms with E-state index in [-0.39, 0.29) is 0 Å². The Morgan fingerprint density at radius 3 is 2.50 bits per heavy atom. The number of nitrogens with zero attached hydrogens (tertiary/aromatic N) is 6. The van der Waals surface area contributed by atoms with Gasteiger partial charge in [0.2, 0.25) is 0 Å². The first-order valence-electron chi connectivity index (χ1n) is 9.26. The van der Waals surface area contributed by atoms with Crippen molar-refractivity contribution >= 4 is 16.7 Å². The number of benzene rings is 1. The standard InChI is InChI=1S/C22H20N6/c1-13-9-10-23-18(11-13)28-16(4)15(3)19-21(28)24-12-27-22(19)25-20(26-27)17-8-6-5-7-14(17)2/h5-12H,1-4H3. The summed E-state index contributed by atoms with van der Waals surface area (Å²) in [6.07, 6.45) is 3.56. The van der Waals surface area contributed by atoms with Crippen LogP contribution in [0.25, 0.3) is 33.9 Å². The van der Waals surface area contributed by atoms with Crippen LogP contribution in [0.2, 0.25) is 0 Å². The first-order chi connectivity index (χ1) is 13.5. The van der Waals surface area contributed by atoms with Crippen LogP contribution in [0.4, 0.5) is 0 Å². The van der Waals surface area contributed by atoms with Crippen molar-refractivity contribution in [2.75, 3.05) is 0 Å². The molecule has 6 heteroatoms. The van der Waals surface area contributed by atoms with E-state index >= 15 is 0 Å². The van der Waals surface area contributed by atoms with Crippen LogP contribution in [0, 0.1) is 27.7 Å². The predicted molar refractivity (Wildman–Crippen MR) is 110 cm³/mol. The predicted octanol–water partition coefficient (Wildman–Crippen LogP) is 4.36. The van der Waals surface area contributed by atoms with Gasteiger partial charge < -0.3 is 0 Å². The van der Waals surface area contributed by atoms with Crippen LogP contribution in [0.1, 0.15) is 22.4 Å². The highest BCUT2D eigenvalue weighted by molar-refractivity contribution is 5.95. The Balaban J connectivity index is 1.82. The highest BCUT2D eigenvalue weighted by Crippen LogP contribution is 2.30. The quantitative estimate of drug-likeness (QED) is 0.464. The number of pyridine rings is 1. The number of hydrogen-bond acceptors (Lipinski definition) is 4. The van der Waals surface area contributed by atoms with Crippen LogP contribution < -0.4 is 0 Å². The molecule has 0 aliphatic heterocycles. The van der Waals surface area contributed by atoms with Crippen molar-refractivity contribution in [2.45, 2.75) is 27.7 Å². The van der Waals surface area contributed by atoms with Gasteiger partial charge in [-0.3, -0.25) is 4.57 Å². The Morgan fingerprint density at radius 2 is 1.71 bits per heavy atom. The largest absolute Gasteiger partial charge is 0.282 e. The number of aromatic nitrogens is 6. The topological polar surface area (TPSA) is 60.9 Å². The average molecular weight is 368 g/mol. The van der Waals surface area contributed by atoms with Crippen molar-refractivity contribution in [3.05, 3.63) is 71.3 Å². The third-order valence-electron chi connectivity index (χ3n) is 5.35. The van der Waals surface area contributed by atoms with Crippen molar-refractivity contribution in [3.8, 4) is 17.2 Å². The highest BCUT2D eigenvalue weighted by Gasteiger charge is 2.20. The van der Waals surface area contributed by atoms with E-state index in [2.05, 4.69) is 60.5 Å². The Labute approximate surface area is 162 Å². The first-order valence-corrected chi connectivity index (χ1v) is 9.26. The van der Waals surface area contributed by atoms with Crippen molar-refractivity contribution in [1.29, 1.82) is 0 Å². The van der Waals surface area contributed by atoms with E-state index in [0.717, 1.165) is 50.4 Å². The highest BCUT2D eigenvalue weighted by atomic mass is 15.3. The average Bonchev–Trinajstić information content (AvgIpc) is 3.21. The first kappa shape index (κ1) is 16.6. The smallest absolute Gasteiger partial charge is 0.182 e. The molecule has 0 bridgehead atoms. The van der Waals surface area contributed by atoms with Crippen LogP contribution in [-0.2, 0) is 0 Å². The van der Waals surface area contributed by atoms with E-state index in [1.807, 2.05) is 24.4 Å². The molecule has 0 atom stereocenters. The summed E-state index contributed by atoms with van der Waals surface area (Å²) in [5.74, 6) is 1.58. The maximum atomic E-state index is 4.88. The van der Waals surface area contributed by atoms with E-state index in [0.29, 0.717) is 5.82 Å². The number of aryl methyl sites for hydroxylation is 3. The normalized spacial score (nSPS) is 11.6. The molecular weight excluding hydrogens is 348 g/mol. The van der Waals surface area contributed by atoms with Gasteiger partial charge in [-0.25, -0.2) is 19.5 Å². The molecule has 0 saturated carbocycles. The molecule has 4 aromatic heterocycles.